The number of carbonyl (C=O) groups excluding carboxylic acids is 2. The molecule has 22 heavy (non-hydrogen) atoms. The van der Waals surface area contributed by atoms with Crippen molar-refractivity contribution < 1.29 is 23.8 Å². The van der Waals surface area contributed by atoms with Crippen molar-refractivity contribution in [3.05, 3.63) is 35.5 Å². The highest BCUT2D eigenvalue weighted by Crippen LogP contribution is 2.33. The van der Waals surface area contributed by atoms with E-state index in [0.29, 0.717) is 12.3 Å². The first kappa shape index (κ1) is 15.9. The maximum Gasteiger partial charge on any atom is 0.347 e. The number of rotatable bonds is 6. The largest absolute Gasteiger partial charge is 0.491 e. The fourth-order valence-electron chi connectivity index (χ4n) is 2.10. The van der Waals surface area contributed by atoms with Crippen LogP contribution in [0.1, 0.15) is 19.4 Å². The van der Waals surface area contributed by atoms with Crippen molar-refractivity contribution in [2.45, 2.75) is 20.3 Å². The molecule has 0 radical (unpaired) electrons. The monoisotopic (exact) mass is 305 g/mol. The van der Waals surface area contributed by atoms with Crippen LogP contribution in [0.4, 0.5) is 5.69 Å². The minimum atomic E-state index is -0.720. The Morgan fingerprint density at radius 2 is 1.91 bits per heavy atom. The van der Waals surface area contributed by atoms with Gasteiger partial charge < -0.3 is 19.5 Å². The van der Waals surface area contributed by atoms with Crippen molar-refractivity contribution in [1.82, 2.24) is 0 Å². The van der Waals surface area contributed by atoms with Gasteiger partial charge in [-0.3, -0.25) is 0 Å². The number of hydrogen-bond donors (Lipinski definition) is 1. The first-order valence-electron chi connectivity index (χ1n) is 7.23. The normalized spacial score (nSPS) is 11.9. The number of fused-ring (bicyclic) bond motifs is 1. The van der Waals surface area contributed by atoms with Crippen LogP contribution in [0.15, 0.2) is 30.0 Å². The van der Waals surface area contributed by atoms with Gasteiger partial charge >= 0.3 is 11.9 Å². The van der Waals surface area contributed by atoms with Crippen molar-refractivity contribution >= 4 is 17.6 Å². The maximum atomic E-state index is 11.9. The molecule has 1 heterocycles. The van der Waals surface area contributed by atoms with Crippen molar-refractivity contribution in [1.29, 1.82) is 0 Å². The molecule has 0 bridgehead atoms. The minimum Gasteiger partial charge on any atom is -0.491 e. The van der Waals surface area contributed by atoms with E-state index in [1.54, 1.807) is 13.8 Å². The van der Waals surface area contributed by atoms with Crippen LogP contribution in [0.5, 0.6) is 5.75 Å². The number of carbonyl (C=O) groups is 2. The topological polar surface area (TPSA) is 73.9 Å². The highest BCUT2D eigenvalue weighted by Gasteiger charge is 2.22. The third kappa shape index (κ3) is 3.58. The summed E-state index contributed by atoms with van der Waals surface area (Å²) in [5.74, 6) is -0.699. The molecule has 0 aromatic heterocycles. The van der Waals surface area contributed by atoms with Gasteiger partial charge in [-0.2, -0.15) is 0 Å². The van der Waals surface area contributed by atoms with Gasteiger partial charge in [-0.05, 0) is 25.5 Å². The van der Waals surface area contributed by atoms with Crippen molar-refractivity contribution in [2.24, 2.45) is 0 Å². The third-order valence-corrected chi connectivity index (χ3v) is 3.08. The van der Waals surface area contributed by atoms with Gasteiger partial charge in [-0.25, -0.2) is 9.59 Å². The lowest BCUT2D eigenvalue weighted by Gasteiger charge is -2.10. The van der Waals surface area contributed by atoms with E-state index in [9.17, 15) is 9.59 Å². The first-order chi connectivity index (χ1) is 10.7. The van der Waals surface area contributed by atoms with Crippen LogP contribution in [-0.2, 0) is 25.5 Å². The Balaban J connectivity index is 2.21. The van der Waals surface area contributed by atoms with Gasteiger partial charge in [-0.15, -0.1) is 0 Å². The molecule has 1 N–H and O–H groups in total. The molecule has 1 aliphatic rings. The fourth-order valence-corrected chi connectivity index (χ4v) is 2.10. The molecule has 118 valence electrons. The molecule has 1 aromatic carbocycles. The molecular weight excluding hydrogens is 286 g/mol. The van der Waals surface area contributed by atoms with E-state index in [2.05, 4.69) is 5.32 Å². The smallest absolute Gasteiger partial charge is 0.347 e. The Hall–Kier alpha value is -2.50. The summed E-state index contributed by atoms with van der Waals surface area (Å²) in [6.45, 7) is 4.33. The molecule has 0 atom stereocenters. The molecule has 0 unspecified atom stereocenters. The Labute approximate surface area is 129 Å². The van der Waals surface area contributed by atoms with Gasteiger partial charge in [0.05, 0.1) is 25.5 Å². The maximum absolute atomic E-state index is 11.9. The van der Waals surface area contributed by atoms with Crippen LogP contribution >= 0.6 is 0 Å². The molecule has 2 rings (SSSR count). The zero-order valence-corrected chi connectivity index (χ0v) is 12.7. The molecule has 1 aromatic rings. The van der Waals surface area contributed by atoms with Gasteiger partial charge in [0, 0.05) is 12.6 Å². The first-order valence-corrected chi connectivity index (χ1v) is 7.23. The van der Waals surface area contributed by atoms with Crippen LogP contribution in [0.3, 0.4) is 0 Å². The molecule has 6 nitrogen and oxygen atoms in total. The van der Waals surface area contributed by atoms with Crippen molar-refractivity contribution in [3.63, 3.8) is 0 Å². The zero-order valence-electron chi connectivity index (χ0n) is 12.7. The summed E-state index contributed by atoms with van der Waals surface area (Å²) in [6.07, 6.45) is 2.14. The molecule has 0 aliphatic carbocycles. The van der Waals surface area contributed by atoms with Crippen LogP contribution in [-0.4, -0.2) is 31.8 Å². The summed E-state index contributed by atoms with van der Waals surface area (Å²) >= 11 is 0. The minimum absolute atomic E-state index is 0.180. The van der Waals surface area contributed by atoms with Crippen LogP contribution < -0.4 is 10.1 Å². The summed E-state index contributed by atoms with van der Waals surface area (Å²) in [6, 6.07) is 5.68. The van der Waals surface area contributed by atoms with Crippen LogP contribution in [0.25, 0.3) is 0 Å². The quantitative estimate of drug-likeness (QED) is 0.375. The lowest BCUT2D eigenvalue weighted by molar-refractivity contribution is -0.146. The second-order valence-corrected chi connectivity index (χ2v) is 4.54. The fraction of sp³-hybridized carbons (Fsp3) is 0.375. The summed E-state index contributed by atoms with van der Waals surface area (Å²) in [5.41, 5.74) is 1.60. The lowest BCUT2D eigenvalue weighted by Crippen LogP contribution is -2.19. The van der Waals surface area contributed by atoms with Crippen LogP contribution in [0.2, 0.25) is 0 Å². The van der Waals surface area contributed by atoms with Crippen molar-refractivity contribution in [2.75, 3.05) is 25.1 Å². The zero-order chi connectivity index (χ0) is 15.9. The average molecular weight is 305 g/mol. The molecule has 0 fully saturated rings. The second-order valence-electron chi connectivity index (χ2n) is 4.54. The number of nitrogens with one attached hydrogen (secondary N) is 1. The van der Waals surface area contributed by atoms with E-state index >= 15 is 0 Å². The highest BCUT2D eigenvalue weighted by atomic mass is 16.6. The summed E-state index contributed by atoms with van der Waals surface area (Å²) < 4.78 is 15.3. The van der Waals surface area contributed by atoms with E-state index < -0.39 is 11.9 Å². The Morgan fingerprint density at radius 3 is 2.55 bits per heavy atom. The summed E-state index contributed by atoms with van der Waals surface area (Å²) in [4.78, 5) is 23.7. The molecule has 0 amide bonds. The van der Waals surface area contributed by atoms with Crippen molar-refractivity contribution in [3.8, 4) is 5.75 Å². The molecule has 0 saturated carbocycles. The van der Waals surface area contributed by atoms with E-state index in [0.717, 1.165) is 17.7 Å². The van der Waals surface area contributed by atoms with Gasteiger partial charge in [-0.1, -0.05) is 12.1 Å². The SMILES string of the molecule is CCOC(=O)C(=CNc1cccc2c1OCC2)C(=O)OCC. The molecule has 0 saturated heterocycles. The molecule has 1 aliphatic heterocycles. The average Bonchev–Trinajstić information content (AvgIpc) is 2.97. The number of anilines is 1. The van der Waals surface area contributed by atoms with Gasteiger partial charge in [0.25, 0.3) is 0 Å². The lowest BCUT2D eigenvalue weighted by atomic mass is 10.1. The van der Waals surface area contributed by atoms with E-state index in [-0.39, 0.29) is 18.8 Å². The highest BCUT2D eigenvalue weighted by molar-refractivity contribution is 6.14. The van der Waals surface area contributed by atoms with Gasteiger partial charge in [0.2, 0.25) is 0 Å². The van der Waals surface area contributed by atoms with Gasteiger partial charge in [0.1, 0.15) is 5.75 Å². The van der Waals surface area contributed by atoms with E-state index in [1.165, 1.54) is 6.20 Å². The molecular formula is C16H19NO5. The standard InChI is InChI=1S/C16H19NO5/c1-3-20-15(18)12(16(19)21-4-2)10-17-13-7-5-6-11-8-9-22-14(11)13/h5-7,10,17H,3-4,8-9H2,1-2H3. The number of ether oxygens (including phenoxy) is 3. The number of benzene rings is 1. The van der Waals surface area contributed by atoms with E-state index in [4.69, 9.17) is 14.2 Å². The predicted molar refractivity (Wildman–Crippen MR) is 80.6 cm³/mol. The second kappa shape index (κ2) is 7.49. The van der Waals surface area contributed by atoms with E-state index in [1.807, 2.05) is 18.2 Å². The van der Waals surface area contributed by atoms with Crippen LogP contribution in [0, 0.1) is 0 Å². The summed E-state index contributed by atoms with van der Waals surface area (Å²) in [7, 11) is 0. The Morgan fingerprint density at radius 1 is 1.23 bits per heavy atom. The number of esters is 2. The number of hydrogen-bond acceptors (Lipinski definition) is 6. The third-order valence-electron chi connectivity index (χ3n) is 3.08. The number of para-hydroxylation sites is 1. The molecule has 0 spiro atoms. The van der Waals surface area contributed by atoms with Gasteiger partial charge in [0.15, 0.2) is 5.57 Å². The molecule has 6 heteroatoms. The summed E-state index contributed by atoms with van der Waals surface area (Å²) in [5, 5.41) is 2.94. The predicted octanol–water partition coefficient (Wildman–Crippen LogP) is 2.04. The Kier molecular flexibility index (Phi) is 5.41. The Bertz CT molecular complexity index is 574.